The van der Waals surface area contributed by atoms with Crippen molar-refractivity contribution in [1.29, 1.82) is 0 Å². The van der Waals surface area contributed by atoms with Gasteiger partial charge in [0.15, 0.2) is 0 Å². The maximum absolute atomic E-state index is 5.39. The fraction of sp³-hybridized carbons (Fsp3) is 0.550. The lowest BCUT2D eigenvalue weighted by Gasteiger charge is -2.26. The summed E-state index contributed by atoms with van der Waals surface area (Å²) in [6.07, 6.45) is 3.98. The third-order valence-corrected chi connectivity index (χ3v) is 4.96. The molecule has 1 aromatic carbocycles. The smallest absolute Gasteiger partial charge is 0.122 e. The van der Waals surface area contributed by atoms with Crippen molar-refractivity contribution >= 4 is 0 Å². The minimum absolute atomic E-state index is 0.807. The van der Waals surface area contributed by atoms with Gasteiger partial charge >= 0.3 is 0 Å². The van der Waals surface area contributed by atoms with Crippen LogP contribution in [0, 0.1) is 20.8 Å². The number of ether oxygens (including phenoxy) is 1. The molecule has 0 saturated carbocycles. The highest BCUT2D eigenvalue weighted by atomic mass is 16.5. The van der Waals surface area contributed by atoms with Gasteiger partial charge in [0, 0.05) is 45.1 Å². The predicted octanol–water partition coefficient (Wildman–Crippen LogP) is 2.28. The molecule has 1 saturated heterocycles. The van der Waals surface area contributed by atoms with Crippen molar-refractivity contribution in [1.82, 2.24) is 19.8 Å². The first-order valence-corrected chi connectivity index (χ1v) is 9.21. The van der Waals surface area contributed by atoms with Crippen LogP contribution < -0.4 is 5.32 Å². The molecule has 136 valence electrons. The van der Waals surface area contributed by atoms with Crippen LogP contribution in [0.3, 0.4) is 0 Å². The minimum Gasteiger partial charge on any atom is -0.379 e. The Bertz CT molecular complexity index is 666. The molecular formula is C20H30N4O. The summed E-state index contributed by atoms with van der Waals surface area (Å²) < 4.78 is 7.64. The fourth-order valence-corrected chi connectivity index (χ4v) is 3.54. The molecule has 25 heavy (non-hydrogen) atoms. The molecule has 1 aliphatic rings. The number of rotatable bonds is 7. The van der Waals surface area contributed by atoms with E-state index in [1.165, 1.54) is 22.3 Å². The third-order valence-electron chi connectivity index (χ3n) is 4.96. The van der Waals surface area contributed by atoms with Gasteiger partial charge in [-0.3, -0.25) is 4.90 Å². The standard InChI is InChI=1S/C20H30N4O/c1-16-12-17(2)19(18(3)13-16)15-24-7-5-22-20(24)14-21-4-6-23-8-10-25-11-9-23/h5,7,12-13,21H,4,6,8-11,14-15H2,1-3H3. The van der Waals surface area contributed by atoms with Gasteiger partial charge in [-0.15, -0.1) is 0 Å². The number of morpholine rings is 1. The second kappa shape index (κ2) is 8.61. The van der Waals surface area contributed by atoms with E-state index in [4.69, 9.17) is 4.74 Å². The molecule has 0 aliphatic carbocycles. The highest BCUT2D eigenvalue weighted by Gasteiger charge is 2.10. The first-order chi connectivity index (χ1) is 12.1. The molecule has 0 bridgehead atoms. The van der Waals surface area contributed by atoms with E-state index in [0.29, 0.717) is 0 Å². The average molecular weight is 342 g/mol. The maximum atomic E-state index is 5.39. The van der Waals surface area contributed by atoms with Gasteiger partial charge in [-0.25, -0.2) is 4.98 Å². The topological polar surface area (TPSA) is 42.3 Å². The number of aryl methyl sites for hydroxylation is 3. The van der Waals surface area contributed by atoms with Crippen LogP contribution in [0.4, 0.5) is 0 Å². The van der Waals surface area contributed by atoms with Gasteiger partial charge in [0.25, 0.3) is 0 Å². The second-order valence-electron chi connectivity index (χ2n) is 6.98. The van der Waals surface area contributed by atoms with Crippen LogP contribution in [-0.4, -0.2) is 53.8 Å². The van der Waals surface area contributed by atoms with E-state index in [1.807, 2.05) is 6.20 Å². The molecule has 5 heteroatoms. The Kier molecular flexibility index (Phi) is 6.24. The van der Waals surface area contributed by atoms with Crippen molar-refractivity contribution in [2.45, 2.75) is 33.9 Å². The van der Waals surface area contributed by atoms with Crippen LogP contribution in [0.15, 0.2) is 24.5 Å². The van der Waals surface area contributed by atoms with Crippen LogP contribution in [0.25, 0.3) is 0 Å². The quantitative estimate of drug-likeness (QED) is 0.784. The second-order valence-corrected chi connectivity index (χ2v) is 6.98. The highest BCUT2D eigenvalue weighted by molar-refractivity contribution is 5.37. The van der Waals surface area contributed by atoms with Gasteiger partial charge < -0.3 is 14.6 Å². The average Bonchev–Trinajstić information content (AvgIpc) is 3.03. The van der Waals surface area contributed by atoms with E-state index >= 15 is 0 Å². The summed E-state index contributed by atoms with van der Waals surface area (Å²) in [7, 11) is 0. The van der Waals surface area contributed by atoms with Crippen LogP contribution >= 0.6 is 0 Å². The number of nitrogens with one attached hydrogen (secondary N) is 1. The number of imidazole rings is 1. The Morgan fingerprint density at radius 2 is 1.84 bits per heavy atom. The molecule has 2 aromatic rings. The van der Waals surface area contributed by atoms with E-state index in [9.17, 15) is 0 Å². The first-order valence-electron chi connectivity index (χ1n) is 9.21. The molecule has 1 fully saturated rings. The molecule has 1 aromatic heterocycles. The van der Waals surface area contributed by atoms with Crippen molar-refractivity contribution < 1.29 is 4.74 Å². The molecule has 0 spiro atoms. The van der Waals surface area contributed by atoms with Gasteiger partial charge in [-0.1, -0.05) is 17.7 Å². The number of hydrogen-bond donors (Lipinski definition) is 1. The molecule has 0 radical (unpaired) electrons. The van der Waals surface area contributed by atoms with Crippen molar-refractivity contribution in [3.8, 4) is 0 Å². The van der Waals surface area contributed by atoms with E-state index in [1.54, 1.807) is 0 Å². The summed E-state index contributed by atoms with van der Waals surface area (Å²) in [4.78, 5) is 6.99. The first kappa shape index (κ1) is 18.1. The highest BCUT2D eigenvalue weighted by Crippen LogP contribution is 2.18. The van der Waals surface area contributed by atoms with Crippen molar-refractivity contribution in [3.05, 3.63) is 52.6 Å². The lowest BCUT2D eigenvalue weighted by atomic mass is 10.00. The Hall–Kier alpha value is -1.69. The zero-order valence-corrected chi connectivity index (χ0v) is 15.7. The fourth-order valence-electron chi connectivity index (χ4n) is 3.54. The molecule has 0 amide bonds. The molecular weight excluding hydrogens is 312 g/mol. The number of hydrogen-bond acceptors (Lipinski definition) is 4. The van der Waals surface area contributed by atoms with E-state index in [0.717, 1.165) is 58.3 Å². The van der Waals surface area contributed by atoms with Gasteiger partial charge in [-0.05, 0) is 37.5 Å². The lowest BCUT2D eigenvalue weighted by molar-refractivity contribution is 0.0384. The van der Waals surface area contributed by atoms with Crippen molar-refractivity contribution in [3.63, 3.8) is 0 Å². The third kappa shape index (κ3) is 4.91. The summed E-state index contributed by atoms with van der Waals surface area (Å²) in [5.41, 5.74) is 5.45. The molecule has 5 nitrogen and oxygen atoms in total. The van der Waals surface area contributed by atoms with E-state index in [-0.39, 0.29) is 0 Å². The summed E-state index contributed by atoms with van der Waals surface area (Å²) >= 11 is 0. The Morgan fingerprint density at radius 3 is 2.56 bits per heavy atom. The van der Waals surface area contributed by atoms with Gasteiger partial charge in [0.2, 0.25) is 0 Å². The SMILES string of the molecule is Cc1cc(C)c(Cn2ccnc2CNCCN2CCOCC2)c(C)c1. The molecule has 1 N–H and O–H groups in total. The summed E-state index contributed by atoms with van der Waals surface area (Å²) in [6.45, 7) is 14.1. The molecule has 0 atom stereocenters. The van der Waals surface area contributed by atoms with Crippen molar-refractivity contribution in [2.75, 3.05) is 39.4 Å². The summed E-state index contributed by atoms with van der Waals surface area (Å²) in [5, 5.41) is 3.53. The minimum atomic E-state index is 0.807. The van der Waals surface area contributed by atoms with Gasteiger partial charge in [0.05, 0.1) is 19.8 Å². The van der Waals surface area contributed by atoms with E-state index < -0.39 is 0 Å². The zero-order chi connectivity index (χ0) is 17.6. The zero-order valence-electron chi connectivity index (χ0n) is 15.7. The number of nitrogens with zero attached hydrogens (tertiary/aromatic N) is 3. The number of aromatic nitrogens is 2. The van der Waals surface area contributed by atoms with Crippen LogP contribution in [0.1, 0.15) is 28.1 Å². The Labute approximate surface area is 151 Å². The largest absolute Gasteiger partial charge is 0.379 e. The van der Waals surface area contributed by atoms with Crippen LogP contribution in [0.5, 0.6) is 0 Å². The molecule has 2 heterocycles. The lowest BCUT2D eigenvalue weighted by Crippen LogP contribution is -2.40. The summed E-state index contributed by atoms with van der Waals surface area (Å²) in [5.74, 6) is 1.10. The van der Waals surface area contributed by atoms with Crippen molar-refractivity contribution in [2.24, 2.45) is 0 Å². The Balaban J connectivity index is 1.54. The molecule has 0 unspecified atom stereocenters. The van der Waals surface area contributed by atoms with Gasteiger partial charge in [-0.2, -0.15) is 0 Å². The number of benzene rings is 1. The molecule has 3 rings (SSSR count). The normalized spacial score (nSPS) is 15.6. The Morgan fingerprint density at radius 1 is 1.12 bits per heavy atom. The van der Waals surface area contributed by atoms with Crippen LogP contribution in [0.2, 0.25) is 0 Å². The summed E-state index contributed by atoms with van der Waals surface area (Å²) in [6, 6.07) is 4.53. The van der Waals surface area contributed by atoms with Gasteiger partial charge in [0.1, 0.15) is 5.82 Å². The van der Waals surface area contributed by atoms with Crippen LogP contribution in [-0.2, 0) is 17.8 Å². The van der Waals surface area contributed by atoms with E-state index in [2.05, 4.69) is 58.9 Å². The maximum Gasteiger partial charge on any atom is 0.122 e. The predicted molar refractivity (Wildman–Crippen MR) is 101 cm³/mol. The molecule has 1 aliphatic heterocycles. The monoisotopic (exact) mass is 342 g/mol.